The maximum Gasteiger partial charge on any atom is 0.155 e. The van der Waals surface area contributed by atoms with Crippen molar-refractivity contribution < 1.29 is 0 Å². The molecule has 2 aromatic rings. The summed E-state index contributed by atoms with van der Waals surface area (Å²) in [5.74, 6) is 0. The lowest BCUT2D eigenvalue weighted by Crippen LogP contribution is -1.96. The molecule has 0 spiro atoms. The average molecular weight is 288 g/mol. The summed E-state index contributed by atoms with van der Waals surface area (Å²) in [5.41, 5.74) is 2.87. The maximum absolute atomic E-state index is 6.13. The van der Waals surface area contributed by atoms with Crippen LogP contribution in [-0.2, 0) is 0 Å². The maximum atomic E-state index is 6.13. The summed E-state index contributed by atoms with van der Waals surface area (Å²) in [6.07, 6.45) is 0. The molecule has 0 radical (unpaired) electrons. The van der Waals surface area contributed by atoms with E-state index in [1.54, 1.807) is 12.1 Å². The molecular weight excluding hydrogens is 279 g/mol. The molecule has 0 fully saturated rings. The smallest absolute Gasteiger partial charge is 0.155 e. The molecule has 0 N–H and O–H groups in total. The number of hydrogen-bond donors (Lipinski definition) is 0. The van der Waals surface area contributed by atoms with Crippen molar-refractivity contribution >= 4 is 34.8 Å². The van der Waals surface area contributed by atoms with Crippen molar-refractivity contribution in [3.05, 3.63) is 44.8 Å². The standard InChI is InChI=1S/C12H9Cl3N2/c1-6-7(2)17-12(15)11(16-6)8-4-3-5-9(13)10(8)14/h3-5H,1-2H3. The van der Waals surface area contributed by atoms with Gasteiger partial charge < -0.3 is 0 Å². The van der Waals surface area contributed by atoms with Gasteiger partial charge in [0.25, 0.3) is 0 Å². The van der Waals surface area contributed by atoms with Gasteiger partial charge in [-0.1, -0.05) is 46.9 Å². The predicted molar refractivity (Wildman–Crippen MR) is 72.0 cm³/mol. The highest BCUT2D eigenvalue weighted by atomic mass is 35.5. The van der Waals surface area contributed by atoms with E-state index in [-0.39, 0.29) is 0 Å². The summed E-state index contributed by atoms with van der Waals surface area (Å²) in [6.45, 7) is 3.73. The summed E-state index contributed by atoms with van der Waals surface area (Å²) in [7, 11) is 0. The number of benzene rings is 1. The van der Waals surface area contributed by atoms with E-state index >= 15 is 0 Å². The van der Waals surface area contributed by atoms with Crippen molar-refractivity contribution in [3.8, 4) is 11.3 Å². The van der Waals surface area contributed by atoms with E-state index in [4.69, 9.17) is 34.8 Å². The number of aromatic nitrogens is 2. The van der Waals surface area contributed by atoms with Gasteiger partial charge in [0.05, 0.1) is 21.4 Å². The van der Waals surface area contributed by atoms with Gasteiger partial charge in [-0.2, -0.15) is 0 Å². The molecule has 2 rings (SSSR count). The van der Waals surface area contributed by atoms with Gasteiger partial charge in [0.15, 0.2) is 5.15 Å². The van der Waals surface area contributed by atoms with Crippen LogP contribution in [0.2, 0.25) is 15.2 Å². The molecule has 0 aliphatic rings. The Labute approximate surface area is 115 Å². The normalized spacial score (nSPS) is 10.6. The largest absolute Gasteiger partial charge is 0.248 e. The summed E-state index contributed by atoms with van der Waals surface area (Å²) >= 11 is 18.2. The van der Waals surface area contributed by atoms with Crippen LogP contribution in [0, 0.1) is 13.8 Å². The molecular formula is C12H9Cl3N2. The highest BCUT2D eigenvalue weighted by Crippen LogP contribution is 2.35. The first-order chi connectivity index (χ1) is 8.00. The Morgan fingerprint density at radius 2 is 1.59 bits per heavy atom. The van der Waals surface area contributed by atoms with Crippen LogP contribution in [-0.4, -0.2) is 9.97 Å². The first kappa shape index (κ1) is 12.6. The minimum Gasteiger partial charge on any atom is -0.248 e. The molecule has 88 valence electrons. The van der Waals surface area contributed by atoms with Gasteiger partial charge in [-0.25, -0.2) is 9.97 Å². The fourth-order valence-corrected chi connectivity index (χ4v) is 2.09. The molecule has 0 amide bonds. The highest BCUT2D eigenvalue weighted by Gasteiger charge is 2.14. The van der Waals surface area contributed by atoms with Gasteiger partial charge >= 0.3 is 0 Å². The second kappa shape index (κ2) is 4.81. The summed E-state index contributed by atoms with van der Waals surface area (Å²) < 4.78 is 0. The lowest BCUT2D eigenvalue weighted by Gasteiger charge is -2.09. The van der Waals surface area contributed by atoms with E-state index in [1.165, 1.54) is 0 Å². The first-order valence-electron chi connectivity index (χ1n) is 4.96. The minimum atomic E-state index is 0.331. The van der Waals surface area contributed by atoms with Crippen molar-refractivity contribution in [3.63, 3.8) is 0 Å². The van der Waals surface area contributed by atoms with E-state index in [2.05, 4.69) is 9.97 Å². The third-order valence-electron chi connectivity index (χ3n) is 2.47. The van der Waals surface area contributed by atoms with Crippen LogP contribution in [0.1, 0.15) is 11.4 Å². The van der Waals surface area contributed by atoms with Crippen molar-refractivity contribution in [1.29, 1.82) is 0 Å². The average Bonchev–Trinajstić information content (AvgIpc) is 2.28. The van der Waals surface area contributed by atoms with Gasteiger partial charge in [-0.3, -0.25) is 0 Å². The molecule has 1 aromatic heterocycles. The summed E-state index contributed by atoms with van der Waals surface area (Å²) in [4.78, 5) is 8.63. The van der Waals surface area contributed by atoms with Crippen LogP contribution in [0.25, 0.3) is 11.3 Å². The van der Waals surface area contributed by atoms with Crippen LogP contribution < -0.4 is 0 Å². The molecule has 0 aliphatic heterocycles. The SMILES string of the molecule is Cc1nc(Cl)c(-c2cccc(Cl)c2Cl)nc1C. The second-order valence-corrected chi connectivity index (χ2v) is 4.78. The Morgan fingerprint density at radius 3 is 2.29 bits per heavy atom. The number of hydrogen-bond acceptors (Lipinski definition) is 2. The van der Waals surface area contributed by atoms with E-state index in [1.807, 2.05) is 19.9 Å². The molecule has 0 aliphatic carbocycles. The van der Waals surface area contributed by atoms with Gasteiger partial charge in [-0.05, 0) is 19.9 Å². The van der Waals surface area contributed by atoms with E-state index < -0.39 is 0 Å². The Morgan fingerprint density at radius 1 is 0.941 bits per heavy atom. The Hall–Kier alpha value is -0.830. The summed E-state index contributed by atoms with van der Waals surface area (Å²) in [5, 5.41) is 1.24. The molecule has 5 heteroatoms. The lowest BCUT2D eigenvalue weighted by atomic mass is 10.1. The first-order valence-corrected chi connectivity index (χ1v) is 6.09. The van der Waals surface area contributed by atoms with E-state index in [0.717, 1.165) is 11.4 Å². The van der Waals surface area contributed by atoms with E-state index in [0.29, 0.717) is 26.5 Å². The van der Waals surface area contributed by atoms with Crippen molar-refractivity contribution in [2.24, 2.45) is 0 Å². The number of rotatable bonds is 1. The molecule has 0 bridgehead atoms. The zero-order chi connectivity index (χ0) is 12.6. The van der Waals surface area contributed by atoms with Crippen LogP contribution in [0.15, 0.2) is 18.2 Å². The van der Waals surface area contributed by atoms with Crippen molar-refractivity contribution in [2.75, 3.05) is 0 Å². The molecule has 1 heterocycles. The Bertz CT molecular complexity index is 582. The van der Waals surface area contributed by atoms with Crippen molar-refractivity contribution in [1.82, 2.24) is 9.97 Å². The zero-order valence-electron chi connectivity index (χ0n) is 9.26. The fraction of sp³-hybridized carbons (Fsp3) is 0.167. The predicted octanol–water partition coefficient (Wildman–Crippen LogP) is 4.72. The molecule has 0 unspecified atom stereocenters. The van der Waals surface area contributed by atoms with Gasteiger partial charge in [0.2, 0.25) is 0 Å². The van der Waals surface area contributed by atoms with Crippen molar-refractivity contribution in [2.45, 2.75) is 13.8 Å². The number of aryl methyl sites for hydroxylation is 2. The molecule has 2 nitrogen and oxygen atoms in total. The third-order valence-corrected chi connectivity index (χ3v) is 3.55. The number of nitrogens with zero attached hydrogens (tertiary/aromatic N) is 2. The Kier molecular flexibility index (Phi) is 3.57. The van der Waals surface area contributed by atoms with Crippen LogP contribution >= 0.6 is 34.8 Å². The Balaban J connectivity index is 2.69. The van der Waals surface area contributed by atoms with Gasteiger partial charge in [-0.15, -0.1) is 0 Å². The number of halogens is 3. The fourth-order valence-electron chi connectivity index (χ4n) is 1.43. The quantitative estimate of drug-likeness (QED) is 0.758. The van der Waals surface area contributed by atoms with Crippen LogP contribution in [0.3, 0.4) is 0 Å². The third kappa shape index (κ3) is 2.39. The molecule has 0 atom stereocenters. The lowest BCUT2D eigenvalue weighted by molar-refractivity contribution is 1.05. The van der Waals surface area contributed by atoms with Gasteiger partial charge in [0.1, 0.15) is 5.69 Å². The zero-order valence-corrected chi connectivity index (χ0v) is 11.5. The molecule has 0 saturated carbocycles. The van der Waals surface area contributed by atoms with E-state index in [9.17, 15) is 0 Å². The highest BCUT2D eigenvalue weighted by molar-refractivity contribution is 6.44. The summed E-state index contributed by atoms with van der Waals surface area (Å²) in [6, 6.07) is 5.34. The molecule has 0 saturated heterocycles. The minimum absolute atomic E-state index is 0.331. The monoisotopic (exact) mass is 286 g/mol. The topological polar surface area (TPSA) is 25.8 Å². The van der Waals surface area contributed by atoms with Crippen LogP contribution in [0.5, 0.6) is 0 Å². The molecule has 17 heavy (non-hydrogen) atoms. The second-order valence-electron chi connectivity index (χ2n) is 3.64. The van der Waals surface area contributed by atoms with Gasteiger partial charge in [0, 0.05) is 5.56 Å². The van der Waals surface area contributed by atoms with Crippen LogP contribution in [0.4, 0.5) is 0 Å². The molecule has 1 aromatic carbocycles.